The van der Waals surface area contributed by atoms with Gasteiger partial charge in [-0.05, 0) is 30.3 Å². The summed E-state index contributed by atoms with van der Waals surface area (Å²) >= 11 is 0. The Kier molecular flexibility index (Phi) is 4.79. The molecule has 10 nitrogen and oxygen atoms in total. The maximum Gasteiger partial charge on any atom is 0.354 e. The molecule has 32 heavy (non-hydrogen) atoms. The first-order valence-electron chi connectivity index (χ1n) is 9.54. The summed E-state index contributed by atoms with van der Waals surface area (Å²) in [6, 6.07) is 12.8. The topological polar surface area (TPSA) is 133 Å². The Morgan fingerprint density at radius 2 is 1.88 bits per heavy atom. The van der Waals surface area contributed by atoms with Crippen molar-refractivity contribution in [2.24, 2.45) is 0 Å². The summed E-state index contributed by atoms with van der Waals surface area (Å²) in [6.07, 6.45) is 1.34. The summed E-state index contributed by atoms with van der Waals surface area (Å²) in [7, 11) is 0. The maximum atomic E-state index is 12.7. The minimum Gasteiger partial charge on any atom is -0.486 e. The number of amides is 1. The Morgan fingerprint density at radius 1 is 1.03 bits per heavy atom. The molecule has 4 aromatic rings. The SMILES string of the molecule is O=C(O)c1cc(Oc2ccc3nc(NC(=O)c4cccc5c4OCCO5)oc3c2)ccn1. The number of carboxylic acid groups (broad SMARTS) is 1. The molecule has 5 rings (SSSR count). The first-order valence-corrected chi connectivity index (χ1v) is 9.54. The van der Waals surface area contributed by atoms with E-state index in [2.05, 4.69) is 15.3 Å². The molecule has 2 aromatic heterocycles. The zero-order valence-corrected chi connectivity index (χ0v) is 16.4. The number of para-hydroxylation sites is 1. The summed E-state index contributed by atoms with van der Waals surface area (Å²) in [6.45, 7) is 0.777. The summed E-state index contributed by atoms with van der Waals surface area (Å²) in [4.78, 5) is 31.8. The standard InChI is InChI=1S/C22H15N3O7/c26-20(14-2-1-3-17-19(14)30-9-8-29-17)25-22-24-15-5-4-12(11-18(15)32-22)31-13-6-7-23-16(10-13)21(27)28/h1-7,10-11H,8-9H2,(H,27,28)(H,24,25,26). The highest BCUT2D eigenvalue weighted by Gasteiger charge is 2.21. The number of nitrogens with zero attached hydrogens (tertiary/aromatic N) is 2. The highest BCUT2D eigenvalue weighted by molar-refractivity contribution is 6.06. The number of oxazole rings is 1. The number of nitrogens with one attached hydrogen (secondary N) is 1. The van der Waals surface area contributed by atoms with Gasteiger partial charge in [-0.1, -0.05) is 6.07 Å². The van der Waals surface area contributed by atoms with Gasteiger partial charge < -0.3 is 23.7 Å². The molecule has 1 aliphatic heterocycles. The van der Waals surface area contributed by atoms with Crippen LogP contribution >= 0.6 is 0 Å². The van der Waals surface area contributed by atoms with Gasteiger partial charge in [-0.3, -0.25) is 10.1 Å². The normalized spacial score (nSPS) is 12.4. The Labute approximate surface area is 180 Å². The van der Waals surface area contributed by atoms with Gasteiger partial charge in [0.25, 0.3) is 5.91 Å². The molecule has 160 valence electrons. The number of anilines is 1. The molecule has 1 aliphatic rings. The van der Waals surface area contributed by atoms with Gasteiger partial charge in [0.15, 0.2) is 22.8 Å². The van der Waals surface area contributed by atoms with Crippen LogP contribution in [0, 0.1) is 0 Å². The third-order valence-electron chi connectivity index (χ3n) is 4.58. The largest absolute Gasteiger partial charge is 0.486 e. The Balaban J connectivity index is 1.36. The van der Waals surface area contributed by atoms with Crippen molar-refractivity contribution in [1.82, 2.24) is 9.97 Å². The van der Waals surface area contributed by atoms with E-state index in [0.717, 1.165) is 0 Å². The van der Waals surface area contributed by atoms with Crippen molar-refractivity contribution in [3.8, 4) is 23.0 Å². The molecule has 0 atom stereocenters. The molecule has 2 N–H and O–H groups in total. The minimum atomic E-state index is -1.15. The van der Waals surface area contributed by atoms with Gasteiger partial charge in [-0.2, -0.15) is 4.98 Å². The van der Waals surface area contributed by atoms with E-state index in [-0.39, 0.29) is 11.7 Å². The van der Waals surface area contributed by atoms with E-state index < -0.39 is 11.9 Å². The molecule has 3 heterocycles. The number of aromatic nitrogens is 2. The fourth-order valence-corrected chi connectivity index (χ4v) is 3.17. The predicted molar refractivity (Wildman–Crippen MR) is 111 cm³/mol. The third kappa shape index (κ3) is 3.76. The van der Waals surface area contributed by atoms with Crippen molar-refractivity contribution in [1.29, 1.82) is 0 Å². The fraction of sp³-hybridized carbons (Fsp3) is 0.0909. The summed E-state index contributed by atoms with van der Waals surface area (Å²) in [5, 5.41) is 11.7. The van der Waals surface area contributed by atoms with Gasteiger partial charge in [0.2, 0.25) is 0 Å². The van der Waals surface area contributed by atoms with Crippen molar-refractivity contribution in [3.63, 3.8) is 0 Å². The zero-order chi connectivity index (χ0) is 22.1. The molecule has 0 fully saturated rings. The Morgan fingerprint density at radius 3 is 2.75 bits per heavy atom. The van der Waals surface area contributed by atoms with Crippen LogP contribution in [0.25, 0.3) is 11.1 Å². The minimum absolute atomic E-state index is 0.00792. The van der Waals surface area contributed by atoms with E-state index in [1.54, 1.807) is 36.4 Å². The smallest absolute Gasteiger partial charge is 0.354 e. The number of benzene rings is 2. The molecule has 2 aromatic carbocycles. The number of fused-ring (bicyclic) bond motifs is 2. The summed E-state index contributed by atoms with van der Waals surface area (Å²) in [5.41, 5.74) is 1.05. The van der Waals surface area contributed by atoms with Crippen LogP contribution in [-0.2, 0) is 0 Å². The first kappa shape index (κ1) is 19.4. The van der Waals surface area contributed by atoms with Crippen LogP contribution in [0.2, 0.25) is 0 Å². The van der Waals surface area contributed by atoms with Crippen LogP contribution in [0.15, 0.2) is 59.1 Å². The predicted octanol–water partition coefficient (Wildman–Crippen LogP) is 3.74. The number of hydrogen-bond donors (Lipinski definition) is 2. The molecule has 0 spiro atoms. The van der Waals surface area contributed by atoms with Crippen LogP contribution in [-0.4, -0.2) is 40.2 Å². The second-order valence-electron chi connectivity index (χ2n) is 6.72. The van der Waals surface area contributed by atoms with Gasteiger partial charge in [0.05, 0.1) is 5.56 Å². The maximum absolute atomic E-state index is 12.7. The van der Waals surface area contributed by atoms with Gasteiger partial charge in [0.1, 0.15) is 30.2 Å². The second kappa shape index (κ2) is 7.91. The average molecular weight is 433 g/mol. The number of rotatable bonds is 5. The fourth-order valence-electron chi connectivity index (χ4n) is 3.17. The van der Waals surface area contributed by atoms with E-state index in [1.807, 2.05) is 0 Å². The summed E-state index contributed by atoms with van der Waals surface area (Å²) in [5.74, 6) is -0.0179. The second-order valence-corrected chi connectivity index (χ2v) is 6.72. The van der Waals surface area contributed by atoms with Crippen molar-refractivity contribution < 1.29 is 33.3 Å². The first-order chi connectivity index (χ1) is 15.6. The molecule has 0 saturated carbocycles. The highest BCUT2D eigenvalue weighted by atomic mass is 16.6. The van der Waals surface area contributed by atoms with E-state index in [1.165, 1.54) is 18.3 Å². The molecule has 0 radical (unpaired) electrons. The lowest BCUT2D eigenvalue weighted by molar-refractivity contribution is 0.0689. The van der Waals surface area contributed by atoms with Crippen LogP contribution in [0.5, 0.6) is 23.0 Å². The Hall–Kier alpha value is -4.60. The van der Waals surface area contributed by atoms with E-state index in [4.69, 9.17) is 23.7 Å². The van der Waals surface area contributed by atoms with Crippen molar-refractivity contribution in [2.45, 2.75) is 0 Å². The molecule has 10 heteroatoms. The molecule has 1 amide bonds. The molecule has 0 saturated heterocycles. The van der Waals surface area contributed by atoms with Crippen LogP contribution in [0.1, 0.15) is 20.8 Å². The molecule has 0 unspecified atom stereocenters. The highest BCUT2D eigenvalue weighted by Crippen LogP contribution is 2.34. The van der Waals surface area contributed by atoms with Crippen molar-refractivity contribution >= 4 is 29.0 Å². The number of aromatic carboxylic acids is 1. The van der Waals surface area contributed by atoms with Gasteiger partial charge >= 0.3 is 12.0 Å². The van der Waals surface area contributed by atoms with E-state index in [9.17, 15) is 9.59 Å². The van der Waals surface area contributed by atoms with Crippen molar-refractivity contribution in [3.05, 3.63) is 66.0 Å². The Bertz CT molecular complexity index is 1350. The number of carbonyl (C=O) groups is 2. The van der Waals surface area contributed by atoms with E-state index >= 15 is 0 Å². The van der Waals surface area contributed by atoms with Gasteiger partial charge in [-0.25, -0.2) is 9.78 Å². The molecule has 0 aliphatic carbocycles. The number of hydrogen-bond acceptors (Lipinski definition) is 8. The van der Waals surface area contributed by atoms with Crippen LogP contribution < -0.4 is 19.5 Å². The lowest BCUT2D eigenvalue weighted by Crippen LogP contribution is -2.20. The number of carbonyl (C=O) groups excluding carboxylic acids is 1. The number of pyridine rings is 1. The zero-order valence-electron chi connectivity index (χ0n) is 16.4. The number of ether oxygens (including phenoxy) is 3. The quantitative estimate of drug-likeness (QED) is 0.483. The molecule has 0 bridgehead atoms. The monoisotopic (exact) mass is 433 g/mol. The molecular weight excluding hydrogens is 418 g/mol. The van der Waals surface area contributed by atoms with Crippen LogP contribution in [0.3, 0.4) is 0 Å². The average Bonchev–Trinajstić information content (AvgIpc) is 3.20. The summed E-state index contributed by atoms with van der Waals surface area (Å²) < 4.78 is 22.4. The van der Waals surface area contributed by atoms with Gasteiger partial charge in [-0.15, -0.1) is 0 Å². The lowest BCUT2D eigenvalue weighted by atomic mass is 10.1. The van der Waals surface area contributed by atoms with E-state index in [0.29, 0.717) is 52.9 Å². The lowest BCUT2D eigenvalue weighted by Gasteiger charge is -2.20. The van der Waals surface area contributed by atoms with Crippen LogP contribution in [0.4, 0.5) is 6.01 Å². The third-order valence-corrected chi connectivity index (χ3v) is 4.58. The number of carboxylic acids is 1. The molecular formula is C22H15N3O7. The van der Waals surface area contributed by atoms with Gasteiger partial charge in [0, 0.05) is 18.3 Å². The van der Waals surface area contributed by atoms with Crippen molar-refractivity contribution in [2.75, 3.05) is 18.5 Å².